The lowest BCUT2D eigenvalue weighted by Crippen LogP contribution is -2.33. The second-order valence-electron chi connectivity index (χ2n) is 5.07. The van der Waals surface area contributed by atoms with Crippen LogP contribution in [0.15, 0.2) is 42.5 Å². The average Bonchev–Trinajstić information content (AvgIpc) is 2.84. The maximum Gasteiger partial charge on any atom is 0.341 e. The Balaban J connectivity index is 1.73. The highest BCUT2D eigenvalue weighted by atomic mass is 35.5. The van der Waals surface area contributed by atoms with E-state index in [9.17, 15) is 24.5 Å². The first-order chi connectivity index (χ1) is 11.9. The van der Waals surface area contributed by atoms with Gasteiger partial charge >= 0.3 is 5.97 Å². The summed E-state index contributed by atoms with van der Waals surface area (Å²) in [5.74, 6) is -2.04. The summed E-state index contributed by atoms with van der Waals surface area (Å²) in [5.41, 5.74) is 0.0830. The first-order valence-electron chi connectivity index (χ1n) is 6.96. The number of carbonyl (C=O) groups excluding carboxylic acids is 3. The van der Waals surface area contributed by atoms with E-state index in [1.54, 1.807) is 12.1 Å². The zero-order valence-electron chi connectivity index (χ0n) is 12.5. The molecule has 0 atom stereocenters. The summed E-state index contributed by atoms with van der Waals surface area (Å²) in [4.78, 5) is 47.2. The molecule has 2 aromatic rings. The van der Waals surface area contributed by atoms with E-state index in [2.05, 4.69) is 0 Å². The largest absolute Gasteiger partial charge is 0.440 e. The summed E-state index contributed by atoms with van der Waals surface area (Å²) in [6.45, 7) is -0.585. The number of fused-ring (bicyclic) bond motifs is 1. The van der Waals surface area contributed by atoms with E-state index in [0.29, 0.717) is 0 Å². The highest BCUT2D eigenvalue weighted by molar-refractivity contribution is 6.33. The van der Waals surface area contributed by atoms with Gasteiger partial charge in [-0.25, -0.2) is 9.69 Å². The van der Waals surface area contributed by atoms with Gasteiger partial charge in [0.2, 0.25) is 0 Å². The van der Waals surface area contributed by atoms with E-state index in [1.165, 1.54) is 12.1 Å². The van der Waals surface area contributed by atoms with Crippen LogP contribution in [0.1, 0.15) is 31.1 Å². The number of nitro benzene ring substituents is 1. The Hall–Kier alpha value is -3.26. The standard InChI is InChI=1S/C16H9ClN2O6/c17-13-7-9(19(23)24)5-6-12(13)16(22)25-8-18-14(20)10-3-1-2-4-11(10)15(18)21/h1-7H,8H2. The van der Waals surface area contributed by atoms with Crippen LogP contribution in [-0.4, -0.2) is 34.3 Å². The number of imide groups is 1. The third-order valence-corrected chi connectivity index (χ3v) is 3.90. The molecule has 0 radical (unpaired) electrons. The van der Waals surface area contributed by atoms with Crippen molar-refractivity contribution >= 4 is 35.1 Å². The smallest absolute Gasteiger partial charge is 0.341 e. The lowest BCUT2D eigenvalue weighted by atomic mass is 10.1. The third kappa shape index (κ3) is 2.94. The van der Waals surface area contributed by atoms with Crippen molar-refractivity contribution in [3.05, 3.63) is 74.3 Å². The maximum atomic E-state index is 12.2. The molecular weight excluding hydrogens is 352 g/mol. The fraction of sp³-hybridized carbons (Fsp3) is 0.0625. The maximum absolute atomic E-state index is 12.2. The first kappa shape index (κ1) is 16.6. The second kappa shape index (κ2) is 6.33. The Kier molecular flexibility index (Phi) is 4.20. The van der Waals surface area contributed by atoms with Gasteiger partial charge in [-0.05, 0) is 18.2 Å². The highest BCUT2D eigenvalue weighted by Crippen LogP contribution is 2.25. The van der Waals surface area contributed by atoms with Crippen molar-refractivity contribution in [2.45, 2.75) is 0 Å². The van der Waals surface area contributed by atoms with E-state index in [-0.39, 0.29) is 27.4 Å². The van der Waals surface area contributed by atoms with E-state index < -0.39 is 29.4 Å². The van der Waals surface area contributed by atoms with Crippen molar-refractivity contribution in [2.75, 3.05) is 6.73 Å². The van der Waals surface area contributed by atoms with Gasteiger partial charge in [0.15, 0.2) is 6.73 Å². The molecule has 126 valence electrons. The number of benzene rings is 2. The van der Waals surface area contributed by atoms with E-state index in [1.807, 2.05) is 0 Å². The second-order valence-corrected chi connectivity index (χ2v) is 5.47. The van der Waals surface area contributed by atoms with Crippen LogP contribution >= 0.6 is 11.6 Å². The van der Waals surface area contributed by atoms with Gasteiger partial charge in [0.25, 0.3) is 17.5 Å². The molecular formula is C16H9ClN2O6. The third-order valence-electron chi connectivity index (χ3n) is 3.59. The molecule has 1 aliphatic rings. The molecule has 1 heterocycles. The zero-order valence-corrected chi connectivity index (χ0v) is 13.2. The monoisotopic (exact) mass is 360 g/mol. The lowest BCUT2D eigenvalue weighted by molar-refractivity contribution is -0.384. The molecule has 0 aromatic heterocycles. The van der Waals surface area contributed by atoms with Crippen LogP contribution < -0.4 is 0 Å². The Labute approximate surface area is 145 Å². The van der Waals surface area contributed by atoms with Gasteiger partial charge in [-0.15, -0.1) is 0 Å². The van der Waals surface area contributed by atoms with Crippen LogP contribution in [0, 0.1) is 10.1 Å². The summed E-state index contributed by atoms with van der Waals surface area (Å²) in [7, 11) is 0. The van der Waals surface area contributed by atoms with Crippen LogP contribution in [0.25, 0.3) is 0 Å². The normalized spacial score (nSPS) is 12.9. The van der Waals surface area contributed by atoms with Gasteiger partial charge in [0.1, 0.15) is 0 Å². The van der Waals surface area contributed by atoms with Crippen LogP contribution in [0.4, 0.5) is 5.69 Å². The number of nitro groups is 1. The van der Waals surface area contributed by atoms with E-state index in [4.69, 9.17) is 16.3 Å². The Morgan fingerprint density at radius 2 is 1.72 bits per heavy atom. The number of nitrogens with zero attached hydrogens (tertiary/aromatic N) is 2. The van der Waals surface area contributed by atoms with E-state index in [0.717, 1.165) is 23.1 Å². The van der Waals surface area contributed by atoms with Crippen molar-refractivity contribution in [2.24, 2.45) is 0 Å². The Morgan fingerprint density at radius 3 is 2.24 bits per heavy atom. The Morgan fingerprint density at radius 1 is 1.12 bits per heavy atom. The molecule has 1 aliphatic heterocycles. The molecule has 2 aromatic carbocycles. The molecule has 0 N–H and O–H groups in total. The molecule has 0 bridgehead atoms. The van der Waals surface area contributed by atoms with E-state index >= 15 is 0 Å². The molecule has 0 spiro atoms. The molecule has 3 rings (SSSR count). The molecule has 0 fully saturated rings. The fourth-order valence-electron chi connectivity index (χ4n) is 2.34. The molecule has 0 saturated heterocycles. The summed E-state index contributed by atoms with van der Waals surface area (Å²) < 4.78 is 4.96. The number of hydrogen-bond donors (Lipinski definition) is 0. The number of carbonyl (C=O) groups is 3. The predicted molar refractivity (Wildman–Crippen MR) is 85.3 cm³/mol. The summed E-state index contributed by atoms with van der Waals surface area (Å²) in [5, 5.41) is 10.5. The number of halogens is 1. The van der Waals surface area contributed by atoms with Gasteiger partial charge in [-0.2, -0.15) is 0 Å². The zero-order chi connectivity index (χ0) is 18.1. The minimum Gasteiger partial charge on any atom is -0.440 e. The number of ether oxygens (including phenoxy) is 1. The van der Waals surface area contributed by atoms with Crippen molar-refractivity contribution in [3.63, 3.8) is 0 Å². The minimum atomic E-state index is -0.906. The molecule has 8 nitrogen and oxygen atoms in total. The van der Waals surface area contributed by atoms with Crippen molar-refractivity contribution in [3.8, 4) is 0 Å². The Bertz CT molecular complexity index is 892. The SMILES string of the molecule is O=C(OCN1C(=O)c2ccccc2C1=O)c1ccc([N+](=O)[O-])cc1Cl. The molecule has 9 heteroatoms. The highest BCUT2D eigenvalue weighted by Gasteiger charge is 2.35. The molecule has 25 heavy (non-hydrogen) atoms. The molecule has 0 unspecified atom stereocenters. The van der Waals surface area contributed by atoms with Gasteiger partial charge in [-0.3, -0.25) is 19.7 Å². The first-order valence-corrected chi connectivity index (χ1v) is 7.34. The molecule has 0 saturated carbocycles. The van der Waals surface area contributed by atoms with Gasteiger partial charge in [0, 0.05) is 12.1 Å². The van der Waals surface area contributed by atoms with Crippen molar-refractivity contribution < 1.29 is 24.0 Å². The number of hydrogen-bond acceptors (Lipinski definition) is 6. The number of amides is 2. The van der Waals surface area contributed by atoms with Gasteiger partial charge in [-0.1, -0.05) is 23.7 Å². The number of rotatable bonds is 4. The number of esters is 1. The fourth-order valence-corrected chi connectivity index (χ4v) is 2.59. The molecule has 2 amide bonds. The summed E-state index contributed by atoms with van der Waals surface area (Å²) in [6, 6.07) is 9.51. The van der Waals surface area contributed by atoms with Crippen LogP contribution in [0.2, 0.25) is 5.02 Å². The molecule has 0 aliphatic carbocycles. The average molecular weight is 361 g/mol. The van der Waals surface area contributed by atoms with Crippen LogP contribution in [0.3, 0.4) is 0 Å². The van der Waals surface area contributed by atoms with Crippen LogP contribution in [-0.2, 0) is 4.74 Å². The lowest BCUT2D eigenvalue weighted by Gasteiger charge is -2.14. The van der Waals surface area contributed by atoms with Gasteiger partial charge in [0.05, 0.1) is 26.6 Å². The summed E-state index contributed by atoms with van der Waals surface area (Å²) >= 11 is 5.84. The minimum absolute atomic E-state index is 0.108. The topological polar surface area (TPSA) is 107 Å². The van der Waals surface area contributed by atoms with Crippen molar-refractivity contribution in [1.29, 1.82) is 0 Å². The summed E-state index contributed by atoms with van der Waals surface area (Å²) in [6.07, 6.45) is 0. The quantitative estimate of drug-likeness (QED) is 0.359. The van der Waals surface area contributed by atoms with Crippen LogP contribution in [0.5, 0.6) is 0 Å². The predicted octanol–water partition coefficient (Wildman–Crippen LogP) is 2.66. The van der Waals surface area contributed by atoms with Gasteiger partial charge < -0.3 is 4.74 Å². The number of non-ortho nitro benzene ring substituents is 1. The van der Waals surface area contributed by atoms with Crippen molar-refractivity contribution in [1.82, 2.24) is 4.90 Å².